The number of carbonyl (C=O) groups excluding carboxylic acids is 1. The van der Waals surface area contributed by atoms with Crippen molar-refractivity contribution in [1.82, 2.24) is 0 Å². The van der Waals surface area contributed by atoms with Crippen molar-refractivity contribution in [3.8, 4) is 11.5 Å². The zero-order valence-corrected chi connectivity index (χ0v) is 10.8. The molecule has 0 radical (unpaired) electrons. The Morgan fingerprint density at radius 1 is 1.16 bits per heavy atom. The number of amides is 1. The maximum Gasteiger partial charge on any atom is 0.258 e. The van der Waals surface area contributed by atoms with Crippen LogP contribution in [0.25, 0.3) is 0 Å². The number of hydrogen-bond acceptors (Lipinski definition) is 3. The van der Waals surface area contributed by atoms with E-state index in [1.165, 1.54) is 17.0 Å². The lowest BCUT2D eigenvalue weighted by Crippen LogP contribution is -2.26. The Morgan fingerprint density at radius 3 is 2.42 bits per heavy atom. The number of phenolic OH excluding ortho intramolecular Hbond substituents is 1. The molecule has 0 saturated carbocycles. The SMILES string of the molecule is COc1ccc(N(C)C(=O)c2cccc(O)c2)cc1. The fourth-order valence-corrected chi connectivity index (χ4v) is 1.76. The first-order valence-corrected chi connectivity index (χ1v) is 5.83. The minimum Gasteiger partial charge on any atom is -0.508 e. The number of phenols is 1. The van der Waals surface area contributed by atoms with Gasteiger partial charge >= 0.3 is 0 Å². The third kappa shape index (κ3) is 2.85. The molecule has 0 aliphatic heterocycles. The highest BCUT2D eigenvalue weighted by Crippen LogP contribution is 2.20. The highest BCUT2D eigenvalue weighted by Gasteiger charge is 2.13. The van der Waals surface area contributed by atoms with Crippen LogP contribution in [0.4, 0.5) is 5.69 Å². The van der Waals surface area contributed by atoms with Crippen LogP contribution in [0.1, 0.15) is 10.4 Å². The topological polar surface area (TPSA) is 49.8 Å². The molecule has 0 bridgehead atoms. The standard InChI is InChI=1S/C15H15NO3/c1-16(12-6-8-14(19-2)9-7-12)15(18)11-4-3-5-13(17)10-11/h3-10,17H,1-2H3. The van der Waals surface area contributed by atoms with E-state index in [2.05, 4.69) is 0 Å². The van der Waals surface area contributed by atoms with Crippen molar-refractivity contribution in [3.63, 3.8) is 0 Å². The number of hydrogen-bond donors (Lipinski definition) is 1. The fraction of sp³-hybridized carbons (Fsp3) is 0.133. The van der Waals surface area contributed by atoms with Crippen LogP contribution in [0, 0.1) is 0 Å². The zero-order chi connectivity index (χ0) is 13.8. The molecule has 4 heteroatoms. The molecule has 0 aromatic heterocycles. The van der Waals surface area contributed by atoms with Crippen LogP contribution in [0.2, 0.25) is 0 Å². The van der Waals surface area contributed by atoms with E-state index >= 15 is 0 Å². The number of ether oxygens (including phenoxy) is 1. The van der Waals surface area contributed by atoms with Gasteiger partial charge in [0, 0.05) is 18.3 Å². The van der Waals surface area contributed by atoms with Gasteiger partial charge in [0.1, 0.15) is 11.5 Å². The van der Waals surface area contributed by atoms with Crippen LogP contribution in [0.3, 0.4) is 0 Å². The number of benzene rings is 2. The first kappa shape index (κ1) is 13.0. The third-order valence-corrected chi connectivity index (χ3v) is 2.86. The zero-order valence-electron chi connectivity index (χ0n) is 10.8. The average Bonchev–Trinajstić information content (AvgIpc) is 2.46. The molecule has 19 heavy (non-hydrogen) atoms. The monoisotopic (exact) mass is 257 g/mol. The summed E-state index contributed by atoms with van der Waals surface area (Å²) >= 11 is 0. The van der Waals surface area contributed by atoms with Gasteiger partial charge in [0.25, 0.3) is 5.91 Å². The molecular formula is C15H15NO3. The van der Waals surface area contributed by atoms with Gasteiger partial charge in [0.05, 0.1) is 7.11 Å². The van der Waals surface area contributed by atoms with Crippen LogP contribution < -0.4 is 9.64 Å². The molecule has 0 fully saturated rings. The second-order valence-corrected chi connectivity index (χ2v) is 4.11. The molecule has 0 spiro atoms. The van der Waals surface area contributed by atoms with Gasteiger partial charge in [-0.25, -0.2) is 0 Å². The largest absolute Gasteiger partial charge is 0.508 e. The lowest BCUT2D eigenvalue weighted by atomic mass is 10.2. The van der Waals surface area contributed by atoms with Gasteiger partial charge in [-0.3, -0.25) is 4.79 Å². The molecule has 4 nitrogen and oxygen atoms in total. The molecule has 0 atom stereocenters. The van der Waals surface area contributed by atoms with Crippen molar-refractivity contribution in [2.45, 2.75) is 0 Å². The Balaban J connectivity index is 2.23. The van der Waals surface area contributed by atoms with E-state index in [1.54, 1.807) is 50.6 Å². The summed E-state index contributed by atoms with van der Waals surface area (Å²) < 4.78 is 5.07. The predicted molar refractivity (Wildman–Crippen MR) is 73.8 cm³/mol. The molecule has 0 unspecified atom stereocenters. The number of aromatic hydroxyl groups is 1. The van der Waals surface area contributed by atoms with Gasteiger partial charge in [0.15, 0.2) is 0 Å². The van der Waals surface area contributed by atoms with E-state index in [0.29, 0.717) is 5.56 Å². The van der Waals surface area contributed by atoms with Crippen LogP contribution in [-0.2, 0) is 0 Å². The lowest BCUT2D eigenvalue weighted by Gasteiger charge is -2.17. The Hall–Kier alpha value is -2.49. The van der Waals surface area contributed by atoms with Crippen molar-refractivity contribution in [2.75, 3.05) is 19.1 Å². The van der Waals surface area contributed by atoms with Crippen LogP contribution in [-0.4, -0.2) is 25.2 Å². The molecule has 2 aromatic carbocycles. The van der Waals surface area contributed by atoms with Gasteiger partial charge in [-0.05, 0) is 42.5 Å². The number of rotatable bonds is 3. The molecule has 98 valence electrons. The number of anilines is 1. The minimum atomic E-state index is -0.180. The van der Waals surface area contributed by atoms with Gasteiger partial charge in [-0.15, -0.1) is 0 Å². The van der Waals surface area contributed by atoms with E-state index in [9.17, 15) is 9.90 Å². The number of nitrogens with zero attached hydrogens (tertiary/aromatic N) is 1. The van der Waals surface area contributed by atoms with Crippen molar-refractivity contribution >= 4 is 11.6 Å². The summed E-state index contributed by atoms with van der Waals surface area (Å²) in [6, 6.07) is 13.5. The van der Waals surface area contributed by atoms with Gasteiger partial charge in [-0.2, -0.15) is 0 Å². The average molecular weight is 257 g/mol. The summed E-state index contributed by atoms with van der Waals surface area (Å²) in [5, 5.41) is 9.40. The maximum atomic E-state index is 12.2. The fourth-order valence-electron chi connectivity index (χ4n) is 1.76. The van der Waals surface area contributed by atoms with E-state index < -0.39 is 0 Å². The molecule has 0 saturated heterocycles. The van der Waals surface area contributed by atoms with Crippen LogP contribution in [0.15, 0.2) is 48.5 Å². The van der Waals surface area contributed by atoms with E-state index in [4.69, 9.17) is 4.74 Å². The Morgan fingerprint density at radius 2 is 1.84 bits per heavy atom. The first-order valence-electron chi connectivity index (χ1n) is 5.83. The van der Waals surface area contributed by atoms with Crippen LogP contribution >= 0.6 is 0 Å². The number of carbonyl (C=O) groups is 1. The minimum absolute atomic E-state index is 0.0778. The smallest absolute Gasteiger partial charge is 0.258 e. The summed E-state index contributed by atoms with van der Waals surface area (Å²) in [6.45, 7) is 0. The Kier molecular flexibility index (Phi) is 3.71. The third-order valence-electron chi connectivity index (χ3n) is 2.86. The molecule has 0 heterocycles. The van der Waals surface area contributed by atoms with Crippen molar-refractivity contribution in [2.24, 2.45) is 0 Å². The molecule has 0 aliphatic carbocycles. The highest BCUT2D eigenvalue weighted by molar-refractivity contribution is 6.05. The maximum absolute atomic E-state index is 12.2. The van der Waals surface area contributed by atoms with Gasteiger partial charge < -0.3 is 14.7 Å². The van der Waals surface area contributed by atoms with E-state index in [1.807, 2.05) is 0 Å². The summed E-state index contributed by atoms with van der Waals surface area (Å²) in [4.78, 5) is 13.8. The molecule has 2 rings (SSSR count). The number of methoxy groups -OCH3 is 1. The summed E-state index contributed by atoms with van der Waals surface area (Å²) in [6.07, 6.45) is 0. The van der Waals surface area contributed by atoms with Crippen molar-refractivity contribution in [3.05, 3.63) is 54.1 Å². The summed E-state index contributed by atoms with van der Waals surface area (Å²) in [5.74, 6) is 0.636. The first-order chi connectivity index (χ1) is 9.11. The molecule has 1 amide bonds. The highest BCUT2D eigenvalue weighted by atomic mass is 16.5. The van der Waals surface area contributed by atoms with Crippen molar-refractivity contribution < 1.29 is 14.6 Å². The Labute approximate surface area is 111 Å². The quantitative estimate of drug-likeness (QED) is 0.919. The second-order valence-electron chi connectivity index (χ2n) is 4.11. The second kappa shape index (κ2) is 5.44. The van der Waals surface area contributed by atoms with Gasteiger partial charge in [0.2, 0.25) is 0 Å². The molecule has 2 aromatic rings. The lowest BCUT2D eigenvalue weighted by molar-refractivity contribution is 0.0992. The van der Waals surface area contributed by atoms with E-state index in [0.717, 1.165) is 11.4 Å². The summed E-state index contributed by atoms with van der Waals surface area (Å²) in [7, 11) is 3.28. The van der Waals surface area contributed by atoms with Crippen LogP contribution in [0.5, 0.6) is 11.5 Å². The Bertz CT molecular complexity index is 578. The van der Waals surface area contributed by atoms with Gasteiger partial charge in [-0.1, -0.05) is 6.07 Å². The molecule has 0 aliphatic rings. The normalized spacial score (nSPS) is 10.0. The van der Waals surface area contributed by atoms with Crippen molar-refractivity contribution in [1.29, 1.82) is 0 Å². The summed E-state index contributed by atoms with van der Waals surface area (Å²) in [5.41, 5.74) is 1.20. The molecule has 1 N–H and O–H groups in total. The predicted octanol–water partition coefficient (Wildman–Crippen LogP) is 2.68. The van der Waals surface area contributed by atoms with E-state index in [-0.39, 0.29) is 11.7 Å². The molecular weight excluding hydrogens is 242 g/mol.